The largest absolute Gasteiger partial charge is 0.393 e. The van der Waals surface area contributed by atoms with Gasteiger partial charge in [0.15, 0.2) is 0 Å². The first-order valence-corrected chi connectivity index (χ1v) is 6.76. The van der Waals surface area contributed by atoms with Crippen LogP contribution in [0.25, 0.3) is 0 Å². The van der Waals surface area contributed by atoms with Crippen molar-refractivity contribution >= 4 is 28.9 Å². The Labute approximate surface area is 120 Å². The molecule has 0 heterocycles. The maximum atomic E-state index is 12.1. The molecule has 0 spiro atoms. The summed E-state index contributed by atoms with van der Waals surface area (Å²) >= 11 is 4.93. The zero-order chi connectivity index (χ0) is 14.4. The first kappa shape index (κ1) is 15.4. The van der Waals surface area contributed by atoms with Crippen LogP contribution in [-0.2, 0) is 0 Å². The van der Waals surface area contributed by atoms with Gasteiger partial charge in [-0.3, -0.25) is 0 Å². The van der Waals surface area contributed by atoms with Crippen LogP contribution >= 0.6 is 12.2 Å². The summed E-state index contributed by atoms with van der Waals surface area (Å²) in [7, 11) is 0. The van der Waals surface area contributed by atoms with Crippen molar-refractivity contribution in [1.29, 1.82) is 0 Å². The zero-order valence-electron chi connectivity index (χ0n) is 11.6. The standard InChI is InChI=1S/C14H21N3OS/c1-4-17(9-11(3)13(15)19)14(18)16-12-7-5-10(2)6-8-12/h5-8,11H,4,9H2,1-3H3,(H2,15,19)(H,16,18). The second-order valence-electron chi connectivity index (χ2n) is 4.64. The summed E-state index contributed by atoms with van der Waals surface area (Å²) in [5.74, 6) is 0.0127. The number of nitrogens with zero attached hydrogens (tertiary/aromatic N) is 1. The van der Waals surface area contributed by atoms with E-state index < -0.39 is 0 Å². The summed E-state index contributed by atoms with van der Waals surface area (Å²) in [5.41, 5.74) is 7.53. The fourth-order valence-corrected chi connectivity index (χ4v) is 1.69. The Balaban J connectivity index is 2.63. The molecule has 0 bridgehead atoms. The van der Waals surface area contributed by atoms with Crippen LogP contribution in [0.2, 0.25) is 0 Å². The third kappa shape index (κ3) is 4.87. The quantitative estimate of drug-likeness (QED) is 0.815. The monoisotopic (exact) mass is 279 g/mol. The summed E-state index contributed by atoms with van der Waals surface area (Å²) in [6.07, 6.45) is 0. The molecule has 0 radical (unpaired) electrons. The highest BCUT2D eigenvalue weighted by atomic mass is 32.1. The van der Waals surface area contributed by atoms with Crippen LogP contribution in [0, 0.1) is 12.8 Å². The molecular weight excluding hydrogens is 258 g/mol. The van der Waals surface area contributed by atoms with Crippen LogP contribution in [0.5, 0.6) is 0 Å². The molecule has 104 valence electrons. The first-order chi connectivity index (χ1) is 8.93. The molecule has 0 fully saturated rings. The minimum atomic E-state index is -0.130. The lowest BCUT2D eigenvalue weighted by Crippen LogP contribution is -2.40. The maximum absolute atomic E-state index is 12.1. The van der Waals surface area contributed by atoms with E-state index in [0.29, 0.717) is 18.1 Å². The van der Waals surface area contributed by atoms with Crippen LogP contribution in [0.4, 0.5) is 10.5 Å². The number of urea groups is 1. The van der Waals surface area contributed by atoms with Gasteiger partial charge in [-0.1, -0.05) is 36.8 Å². The van der Waals surface area contributed by atoms with Gasteiger partial charge in [-0.2, -0.15) is 0 Å². The van der Waals surface area contributed by atoms with Crippen LogP contribution in [0.1, 0.15) is 19.4 Å². The Kier molecular flexibility index (Phi) is 5.76. The molecule has 3 N–H and O–H groups in total. The van der Waals surface area contributed by atoms with E-state index in [1.54, 1.807) is 4.90 Å². The summed E-state index contributed by atoms with van der Waals surface area (Å²) in [6, 6.07) is 7.57. The number of amides is 2. The van der Waals surface area contributed by atoms with Gasteiger partial charge >= 0.3 is 6.03 Å². The molecular formula is C14H21N3OS. The summed E-state index contributed by atoms with van der Waals surface area (Å²) in [5, 5.41) is 2.87. The van der Waals surface area contributed by atoms with E-state index in [2.05, 4.69) is 5.32 Å². The van der Waals surface area contributed by atoms with E-state index in [4.69, 9.17) is 18.0 Å². The number of thiocarbonyl (C=S) groups is 1. The van der Waals surface area contributed by atoms with Crippen molar-refractivity contribution in [1.82, 2.24) is 4.90 Å². The highest BCUT2D eigenvalue weighted by Gasteiger charge is 2.16. The highest BCUT2D eigenvalue weighted by Crippen LogP contribution is 2.10. The molecule has 5 heteroatoms. The van der Waals surface area contributed by atoms with Gasteiger partial charge in [0.1, 0.15) is 0 Å². The molecule has 0 aliphatic carbocycles. The van der Waals surface area contributed by atoms with Crippen LogP contribution in [0.15, 0.2) is 24.3 Å². The van der Waals surface area contributed by atoms with Gasteiger partial charge in [-0.25, -0.2) is 4.79 Å². The lowest BCUT2D eigenvalue weighted by molar-refractivity contribution is 0.211. The molecule has 4 nitrogen and oxygen atoms in total. The molecule has 0 saturated heterocycles. The molecule has 1 atom stereocenters. The molecule has 1 unspecified atom stereocenters. The van der Waals surface area contributed by atoms with Gasteiger partial charge < -0.3 is 16.0 Å². The lowest BCUT2D eigenvalue weighted by Gasteiger charge is -2.24. The second-order valence-corrected chi connectivity index (χ2v) is 5.11. The van der Waals surface area contributed by atoms with Crippen LogP contribution in [-0.4, -0.2) is 29.0 Å². The van der Waals surface area contributed by atoms with Gasteiger partial charge in [-0.15, -0.1) is 0 Å². The van der Waals surface area contributed by atoms with Gasteiger partial charge in [0.25, 0.3) is 0 Å². The van der Waals surface area contributed by atoms with Crippen molar-refractivity contribution in [2.24, 2.45) is 11.7 Å². The van der Waals surface area contributed by atoms with Gasteiger partial charge in [0.05, 0.1) is 4.99 Å². The molecule has 0 aromatic heterocycles. The number of hydrogen-bond acceptors (Lipinski definition) is 2. The molecule has 0 saturated carbocycles. The normalized spacial score (nSPS) is 11.7. The minimum Gasteiger partial charge on any atom is -0.393 e. The Morgan fingerprint density at radius 1 is 1.42 bits per heavy atom. The van der Waals surface area contributed by atoms with Crippen LogP contribution in [0.3, 0.4) is 0 Å². The van der Waals surface area contributed by atoms with Crippen LogP contribution < -0.4 is 11.1 Å². The Bertz CT molecular complexity index is 445. The number of rotatable bonds is 5. The zero-order valence-corrected chi connectivity index (χ0v) is 12.5. The number of hydrogen-bond donors (Lipinski definition) is 2. The molecule has 1 rings (SSSR count). The summed E-state index contributed by atoms with van der Waals surface area (Å²) in [4.78, 5) is 14.2. The highest BCUT2D eigenvalue weighted by molar-refractivity contribution is 7.80. The SMILES string of the molecule is CCN(CC(C)C(N)=S)C(=O)Nc1ccc(C)cc1. The molecule has 2 amide bonds. The number of carbonyl (C=O) groups excluding carboxylic acids is 1. The molecule has 0 aliphatic rings. The van der Waals surface area contributed by atoms with Gasteiger partial charge in [-0.05, 0) is 26.0 Å². The Hall–Kier alpha value is -1.62. The first-order valence-electron chi connectivity index (χ1n) is 6.36. The number of nitrogens with two attached hydrogens (primary N) is 1. The van der Waals surface area contributed by atoms with Crippen molar-refractivity contribution in [3.8, 4) is 0 Å². The minimum absolute atomic E-state index is 0.0127. The van der Waals surface area contributed by atoms with E-state index >= 15 is 0 Å². The van der Waals surface area contributed by atoms with E-state index in [9.17, 15) is 4.79 Å². The number of carbonyl (C=O) groups is 1. The van der Waals surface area contributed by atoms with E-state index in [1.165, 1.54) is 0 Å². The predicted octanol–water partition coefficient (Wildman–Crippen LogP) is 2.77. The smallest absolute Gasteiger partial charge is 0.321 e. The molecule has 19 heavy (non-hydrogen) atoms. The number of anilines is 1. The van der Waals surface area contributed by atoms with Crippen molar-refractivity contribution in [2.75, 3.05) is 18.4 Å². The number of aryl methyl sites for hydroxylation is 1. The fourth-order valence-electron chi connectivity index (χ4n) is 1.62. The average Bonchev–Trinajstić information content (AvgIpc) is 2.38. The fraction of sp³-hybridized carbons (Fsp3) is 0.429. The molecule has 0 aliphatic heterocycles. The number of nitrogens with one attached hydrogen (secondary N) is 1. The summed E-state index contributed by atoms with van der Waals surface area (Å²) in [6.45, 7) is 7.01. The number of benzene rings is 1. The van der Waals surface area contributed by atoms with Crippen molar-refractivity contribution < 1.29 is 4.79 Å². The topological polar surface area (TPSA) is 58.4 Å². The van der Waals surface area contributed by atoms with E-state index in [0.717, 1.165) is 11.3 Å². The van der Waals surface area contributed by atoms with Gasteiger partial charge in [0.2, 0.25) is 0 Å². The van der Waals surface area contributed by atoms with Crippen molar-refractivity contribution in [3.05, 3.63) is 29.8 Å². The summed E-state index contributed by atoms with van der Waals surface area (Å²) < 4.78 is 0. The second kappa shape index (κ2) is 7.09. The Morgan fingerprint density at radius 2 is 2.00 bits per heavy atom. The van der Waals surface area contributed by atoms with Gasteiger partial charge in [0, 0.05) is 24.7 Å². The molecule has 1 aromatic carbocycles. The van der Waals surface area contributed by atoms with E-state index in [-0.39, 0.29) is 11.9 Å². The van der Waals surface area contributed by atoms with Crippen molar-refractivity contribution in [3.63, 3.8) is 0 Å². The predicted molar refractivity (Wildman–Crippen MR) is 83.4 cm³/mol. The third-order valence-electron chi connectivity index (χ3n) is 2.95. The maximum Gasteiger partial charge on any atom is 0.321 e. The lowest BCUT2D eigenvalue weighted by atomic mass is 10.1. The third-order valence-corrected chi connectivity index (χ3v) is 3.35. The molecule has 1 aromatic rings. The van der Waals surface area contributed by atoms with E-state index in [1.807, 2.05) is 45.0 Å². The Morgan fingerprint density at radius 3 is 2.47 bits per heavy atom. The average molecular weight is 279 g/mol. The van der Waals surface area contributed by atoms with Crippen molar-refractivity contribution in [2.45, 2.75) is 20.8 Å².